The van der Waals surface area contributed by atoms with Crippen molar-refractivity contribution >= 4 is 21.7 Å². The summed E-state index contributed by atoms with van der Waals surface area (Å²) in [5, 5.41) is 10.6. The van der Waals surface area contributed by atoms with Crippen LogP contribution in [0.3, 0.4) is 0 Å². The highest BCUT2D eigenvalue weighted by Crippen LogP contribution is 2.44. The molecule has 1 aliphatic heterocycles. The molecule has 1 fully saturated rings. The van der Waals surface area contributed by atoms with Gasteiger partial charge in [-0.2, -0.15) is 0 Å². The van der Waals surface area contributed by atoms with E-state index >= 15 is 0 Å². The van der Waals surface area contributed by atoms with Crippen LogP contribution in [0.1, 0.15) is 17.2 Å². The Labute approximate surface area is 125 Å². The summed E-state index contributed by atoms with van der Waals surface area (Å²) in [6.07, 6.45) is -0.506. The van der Waals surface area contributed by atoms with Gasteiger partial charge in [0.05, 0.1) is 0 Å². The minimum absolute atomic E-state index is 0.377. The van der Waals surface area contributed by atoms with Crippen molar-refractivity contribution in [2.24, 2.45) is 0 Å². The zero-order valence-corrected chi connectivity index (χ0v) is 12.2. The molecule has 102 valence electrons. The van der Waals surface area contributed by atoms with E-state index in [0.29, 0.717) is 5.56 Å². The van der Waals surface area contributed by atoms with E-state index in [4.69, 9.17) is 4.74 Å². The molecule has 3 rings (SSSR count). The third kappa shape index (κ3) is 2.10. The fourth-order valence-electron chi connectivity index (χ4n) is 2.38. The van der Waals surface area contributed by atoms with Crippen LogP contribution >= 0.6 is 15.9 Å². The molecule has 3 atom stereocenters. The smallest absolute Gasteiger partial charge is 0.255 e. The second-order valence-corrected chi connectivity index (χ2v) is 5.71. The van der Waals surface area contributed by atoms with Crippen molar-refractivity contribution in [1.29, 1.82) is 0 Å². The second-order valence-electron chi connectivity index (χ2n) is 4.73. The number of benzene rings is 2. The van der Waals surface area contributed by atoms with Crippen molar-refractivity contribution in [3.63, 3.8) is 0 Å². The maximum Gasteiger partial charge on any atom is 0.255 e. The maximum absolute atomic E-state index is 12.4. The molecule has 0 bridgehead atoms. The number of ether oxygens (including phenoxy) is 1. The van der Waals surface area contributed by atoms with Crippen LogP contribution in [0.15, 0.2) is 60.7 Å². The lowest BCUT2D eigenvalue weighted by Gasteiger charge is -2.21. The Morgan fingerprint density at radius 2 is 1.55 bits per heavy atom. The quantitative estimate of drug-likeness (QED) is 0.860. The summed E-state index contributed by atoms with van der Waals surface area (Å²) < 4.78 is 5.70. The molecule has 20 heavy (non-hydrogen) atoms. The predicted molar refractivity (Wildman–Crippen MR) is 78.3 cm³/mol. The van der Waals surface area contributed by atoms with Gasteiger partial charge in [-0.1, -0.05) is 76.6 Å². The van der Waals surface area contributed by atoms with E-state index in [9.17, 15) is 9.90 Å². The molecule has 1 aliphatic rings. The van der Waals surface area contributed by atoms with Gasteiger partial charge in [-0.05, 0) is 5.56 Å². The molecule has 2 aromatic rings. The average molecular weight is 333 g/mol. The van der Waals surface area contributed by atoms with Crippen LogP contribution in [0, 0.1) is 0 Å². The summed E-state index contributed by atoms with van der Waals surface area (Å²) in [6, 6.07) is 18.1. The second kappa shape index (κ2) is 5.13. The fraction of sp³-hybridized carbons (Fsp3) is 0.188. The van der Waals surface area contributed by atoms with Gasteiger partial charge in [-0.15, -0.1) is 0 Å². The van der Waals surface area contributed by atoms with Gasteiger partial charge in [-0.3, -0.25) is 4.79 Å². The normalized spacial score (nSPS) is 29.6. The van der Waals surface area contributed by atoms with Crippen molar-refractivity contribution < 1.29 is 14.6 Å². The van der Waals surface area contributed by atoms with E-state index in [0.717, 1.165) is 5.56 Å². The maximum atomic E-state index is 12.4. The SMILES string of the molecule is O=C1C(Br)C(c2ccccc2)OC1(O)c1ccccc1. The first-order valence-electron chi connectivity index (χ1n) is 6.32. The summed E-state index contributed by atoms with van der Waals surface area (Å²) in [5.74, 6) is -2.27. The minimum Gasteiger partial charge on any atom is -0.356 e. The van der Waals surface area contributed by atoms with E-state index in [2.05, 4.69) is 15.9 Å². The molecular formula is C16H13BrO3. The van der Waals surface area contributed by atoms with Crippen LogP contribution in [0.5, 0.6) is 0 Å². The minimum atomic E-state index is -1.89. The third-order valence-electron chi connectivity index (χ3n) is 3.44. The van der Waals surface area contributed by atoms with Crippen LogP contribution in [0.2, 0.25) is 0 Å². The summed E-state index contributed by atoms with van der Waals surface area (Å²) in [7, 11) is 0. The fourth-order valence-corrected chi connectivity index (χ4v) is 3.10. The summed E-state index contributed by atoms with van der Waals surface area (Å²) in [6.45, 7) is 0. The highest BCUT2D eigenvalue weighted by molar-refractivity contribution is 9.10. The number of ketones is 1. The number of aliphatic hydroxyl groups is 1. The Morgan fingerprint density at radius 1 is 1.00 bits per heavy atom. The first-order valence-corrected chi connectivity index (χ1v) is 7.23. The van der Waals surface area contributed by atoms with Crippen LogP contribution < -0.4 is 0 Å². The van der Waals surface area contributed by atoms with E-state index in [-0.39, 0.29) is 5.78 Å². The van der Waals surface area contributed by atoms with Gasteiger partial charge in [0.25, 0.3) is 5.79 Å². The Morgan fingerprint density at radius 3 is 2.15 bits per heavy atom. The first kappa shape index (κ1) is 13.5. The number of carbonyl (C=O) groups excluding carboxylic acids is 1. The van der Waals surface area contributed by atoms with Gasteiger partial charge in [0.2, 0.25) is 5.78 Å². The average Bonchev–Trinajstić information content (AvgIpc) is 2.75. The molecule has 2 aromatic carbocycles. The summed E-state index contributed by atoms with van der Waals surface area (Å²) >= 11 is 3.35. The lowest BCUT2D eigenvalue weighted by molar-refractivity contribution is -0.202. The highest BCUT2D eigenvalue weighted by Gasteiger charge is 2.54. The first-order chi connectivity index (χ1) is 9.63. The van der Waals surface area contributed by atoms with Crippen molar-refractivity contribution in [3.05, 3.63) is 71.8 Å². The van der Waals surface area contributed by atoms with Gasteiger partial charge in [0.15, 0.2) is 0 Å². The van der Waals surface area contributed by atoms with Gasteiger partial charge >= 0.3 is 0 Å². The third-order valence-corrected chi connectivity index (χ3v) is 4.34. The zero-order valence-electron chi connectivity index (χ0n) is 10.6. The van der Waals surface area contributed by atoms with Crippen LogP contribution in [0.4, 0.5) is 0 Å². The Bertz CT molecular complexity index is 614. The number of hydrogen-bond donors (Lipinski definition) is 1. The summed E-state index contributed by atoms with van der Waals surface area (Å²) in [4.78, 5) is 11.8. The Balaban J connectivity index is 1.99. The molecule has 3 nitrogen and oxygen atoms in total. The van der Waals surface area contributed by atoms with E-state index in [1.165, 1.54) is 0 Å². The van der Waals surface area contributed by atoms with Crippen LogP contribution in [-0.4, -0.2) is 15.7 Å². The van der Waals surface area contributed by atoms with Crippen LogP contribution in [0.25, 0.3) is 0 Å². The van der Waals surface area contributed by atoms with Gasteiger partial charge in [0, 0.05) is 5.56 Å². The van der Waals surface area contributed by atoms with E-state index < -0.39 is 16.7 Å². The van der Waals surface area contributed by atoms with E-state index in [1.807, 2.05) is 36.4 Å². The van der Waals surface area contributed by atoms with Crippen molar-refractivity contribution in [2.75, 3.05) is 0 Å². The van der Waals surface area contributed by atoms with Gasteiger partial charge in [0.1, 0.15) is 10.9 Å². The molecule has 0 saturated carbocycles. The van der Waals surface area contributed by atoms with Crippen molar-refractivity contribution in [2.45, 2.75) is 16.7 Å². The Hall–Kier alpha value is -1.49. The number of alkyl halides is 1. The highest BCUT2D eigenvalue weighted by atomic mass is 79.9. The van der Waals surface area contributed by atoms with Gasteiger partial charge < -0.3 is 9.84 Å². The molecule has 0 aromatic heterocycles. The molecular weight excluding hydrogens is 320 g/mol. The summed E-state index contributed by atoms with van der Waals surface area (Å²) in [5.41, 5.74) is 1.31. The van der Waals surface area contributed by atoms with E-state index in [1.54, 1.807) is 24.3 Å². The zero-order chi connectivity index (χ0) is 14.2. The number of carbonyl (C=O) groups is 1. The molecule has 0 spiro atoms. The molecule has 1 saturated heterocycles. The molecule has 0 amide bonds. The molecule has 3 unspecified atom stereocenters. The lowest BCUT2D eigenvalue weighted by Crippen LogP contribution is -2.34. The lowest BCUT2D eigenvalue weighted by atomic mass is 10.00. The number of rotatable bonds is 2. The molecule has 1 heterocycles. The number of halogens is 1. The van der Waals surface area contributed by atoms with Crippen LogP contribution in [-0.2, 0) is 15.3 Å². The number of Topliss-reactive ketones (excluding diaryl/α,β-unsaturated/α-hetero) is 1. The van der Waals surface area contributed by atoms with Crippen molar-refractivity contribution in [1.82, 2.24) is 0 Å². The number of hydrogen-bond acceptors (Lipinski definition) is 3. The molecule has 1 N–H and O–H groups in total. The topological polar surface area (TPSA) is 46.5 Å². The standard InChI is InChI=1S/C16H13BrO3/c17-13-14(11-7-3-1-4-8-11)20-16(19,15(13)18)12-9-5-2-6-10-12/h1-10,13-14,19H. The molecule has 0 aliphatic carbocycles. The van der Waals surface area contributed by atoms with Crippen molar-refractivity contribution in [3.8, 4) is 0 Å². The monoisotopic (exact) mass is 332 g/mol. The van der Waals surface area contributed by atoms with Gasteiger partial charge in [-0.25, -0.2) is 0 Å². The Kier molecular flexibility index (Phi) is 3.46. The largest absolute Gasteiger partial charge is 0.356 e. The predicted octanol–water partition coefficient (Wildman–Crippen LogP) is 2.94. The molecule has 0 radical (unpaired) electrons. The molecule has 4 heteroatoms.